The fourth-order valence-corrected chi connectivity index (χ4v) is 1.89. The standard InChI is InChI=1S/C15H20N2O5/c1-21-14(19)7-6-12(15(20)22-2)17-13(18)9-10-4-3-5-11(16)8-10/h3-5,8,12H,6-7,9,16H2,1-2H3,(H,17,18)/t12-/m0/s1. The van der Waals surface area contributed by atoms with Gasteiger partial charge in [0.25, 0.3) is 0 Å². The maximum absolute atomic E-state index is 12.0. The quantitative estimate of drug-likeness (QED) is 0.558. The summed E-state index contributed by atoms with van der Waals surface area (Å²) in [6.07, 6.45) is 0.202. The highest BCUT2D eigenvalue weighted by atomic mass is 16.5. The number of carbonyl (C=O) groups excluding carboxylic acids is 3. The van der Waals surface area contributed by atoms with E-state index in [2.05, 4.69) is 14.8 Å². The van der Waals surface area contributed by atoms with Gasteiger partial charge in [-0.05, 0) is 24.1 Å². The van der Waals surface area contributed by atoms with Crippen molar-refractivity contribution in [1.82, 2.24) is 5.32 Å². The zero-order valence-electron chi connectivity index (χ0n) is 12.6. The summed E-state index contributed by atoms with van der Waals surface area (Å²) in [5.74, 6) is -1.42. The van der Waals surface area contributed by atoms with Gasteiger partial charge < -0.3 is 20.5 Å². The predicted molar refractivity (Wildman–Crippen MR) is 79.8 cm³/mol. The fraction of sp³-hybridized carbons (Fsp3) is 0.400. The molecule has 0 bridgehead atoms. The van der Waals surface area contributed by atoms with Gasteiger partial charge in [-0.2, -0.15) is 0 Å². The molecule has 7 nitrogen and oxygen atoms in total. The van der Waals surface area contributed by atoms with Crippen molar-refractivity contribution in [2.45, 2.75) is 25.3 Å². The molecule has 0 unspecified atom stereocenters. The van der Waals surface area contributed by atoms with E-state index in [1.54, 1.807) is 24.3 Å². The van der Waals surface area contributed by atoms with Crippen LogP contribution in [0, 0.1) is 0 Å². The number of hydrogen-bond donors (Lipinski definition) is 2. The predicted octanol–water partition coefficient (Wildman–Crippen LogP) is 0.422. The first-order valence-corrected chi connectivity index (χ1v) is 6.74. The van der Waals surface area contributed by atoms with Crippen molar-refractivity contribution in [3.8, 4) is 0 Å². The molecule has 0 aliphatic carbocycles. The van der Waals surface area contributed by atoms with E-state index in [9.17, 15) is 14.4 Å². The van der Waals surface area contributed by atoms with Crippen LogP contribution in [0.3, 0.4) is 0 Å². The zero-order valence-corrected chi connectivity index (χ0v) is 12.6. The van der Waals surface area contributed by atoms with Gasteiger partial charge >= 0.3 is 11.9 Å². The van der Waals surface area contributed by atoms with Crippen LogP contribution in [0.25, 0.3) is 0 Å². The van der Waals surface area contributed by atoms with E-state index in [-0.39, 0.29) is 25.2 Å². The third kappa shape index (κ3) is 5.82. The molecule has 22 heavy (non-hydrogen) atoms. The highest BCUT2D eigenvalue weighted by Crippen LogP contribution is 2.08. The molecule has 0 aromatic heterocycles. The molecule has 1 atom stereocenters. The molecule has 1 amide bonds. The van der Waals surface area contributed by atoms with Gasteiger partial charge in [0.15, 0.2) is 0 Å². The Balaban J connectivity index is 2.62. The molecule has 3 N–H and O–H groups in total. The highest BCUT2D eigenvalue weighted by Gasteiger charge is 2.22. The number of methoxy groups -OCH3 is 2. The number of esters is 2. The van der Waals surface area contributed by atoms with Crippen LogP contribution >= 0.6 is 0 Å². The third-order valence-electron chi connectivity index (χ3n) is 3.00. The first-order valence-electron chi connectivity index (χ1n) is 6.74. The summed E-state index contributed by atoms with van der Waals surface area (Å²) in [6.45, 7) is 0. The largest absolute Gasteiger partial charge is 0.469 e. The molecule has 0 heterocycles. The minimum atomic E-state index is -0.891. The number of nitrogens with one attached hydrogen (secondary N) is 1. The molecule has 0 saturated carbocycles. The van der Waals surface area contributed by atoms with Crippen LogP contribution in [0.15, 0.2) is 24.3 Å². The van der Waals surface area contributed by atoms with Gasteiger partial charge in [-0.15, -0.1) is 0 Å². The summed E-state index contributed by atoms with van der Waals surface area (Å²) in [6, 6.07) is 6.01. The smallest absolute Gasteiger partial charge is 0.328 e. The van der Waals surface area contributed by atoms with Crippen LogP contribution in [-0.2, 0) is 30.3 Å². The van der Waals surface area contributed by atoms with E-state index < -0.39 is 18.0 Å². The van der Waals surface area contributed by atoms with Crippen LogP contribution in [0.2, 0.25) is 0 Å². The van der Waals surface area contributed by atoms with E-state index in [1.807, 2.05) is 0 Å². The number of ether oxygens (including phenoxy) is 2. The molecule has 1 aromatic rings. The summed E-state index contributed by atoms with van der Waals surface area (Å²) in [7, 11) is 2.48. The lowest BCUT2D eigenvalue weighted by Gasteiger charge is -2.16. The Hall–Kier alpha value is -2.57. The van der Waals surface area contributed by atoms with Crippen molar-refractivity contribution in [2.24, 2.45) is 0 Å². The first kappa shape index (κ1) is 17.5. The van der Waals surface area contributed by atoms with Gasteiger partial charge in [0.2, 0.25) is 5.91 Å². The highest BCUT2D eigenvalue weighted by molar-refractivity contribution is 5.86. The topological polar surface area (TPSA) is 108 Å². The molecule has 0 saturated heterocycles. The maximum atomic E-state index is 12.0. The van der Waals surface area contributed by atoms with Crippen molar-refractivity contribution < 1.29 is 23.9 Å². The van der Waals surface area contributed by atoms with Gasteiger partial charge in [-0.3, -0.25) is 9.59 Å². The number of benzene rings is 1. The Morgan fingerprint density at radius 3 is 2.55 bits per heavy atom. The van der Waals surface area contributed by atoms with Gasteiger partial charge in [0.05, 0.1) is 20.6 Å². The van der Waals surface area contributed by atoms with Crippen LogP contribution in [0.1, 0.15) is 18.4 Å². The number of rotatable bonds is 7. The van der Waals surface area contributed by atoms with Gasteiger partial charge in [-0.1, -0.05) is 12.1 Å². The summed E-state index contributed by atoms with van der Waals surface area (Å²) in [5, 5.41) is 2.55. The molecule has 1 rings (SSSR count). The lowest BCUT2D eigenvalue weighted by molar-refractivity contribution is -0.146. The zero-order chi connectivity index (χ0) is 16.5. The van der Waals surface area contributed by atoms with E-state index in [1.165, 1.54) is 14.2 Å². The Labute approximate surface area is 128 Å². The summed E-state index contributed by atoms with van der Waals surface area (Å²) in [4.78, 5) is 34.8. The molecule has 0 spiro atoms. The van der Waals surface area contributed by atoms with E-state index >= 15 is 0 Å². The number of anilines is 1. The Bertz CT molecular complexity index is 544. The number of carbonyl (C=O) groups is 3. The third-order valence-corrected chi connectivity index (χ3v) is 3.00. The minimum Gasteiger partial charge on any atom is -0.469 e. The van der Waals surface area contributed by atoms with Gasteiger partial charge in [-0.25, -0.2) is 4.79 Å². The summed E-state index contributed by atoms with van der Waals surface area (Å²) in [5.41, 5.74) is 6.93. The number of nitrogen functional groups attached to an aromatic ring is 1. The molecule has 0 aliphatic heterocycles. The molecule has 0 radical (unpaired) electrons. The molecule has 120 valence electrons. The molecule has 1 aromatic carbocycles. The van der Waals surface area contributed by atoms with Crippen LogP contribution in [0.4, 0.5) is 5.69 Å². The molecule has 7 heteroatoms. The Morgan fingerprint density at radius 1 is 1.23 bits per heavy atom. The number of nitrogens with two attached hydrogens (primary N) is 1. The second-order valence-corrected chi connectivity index (χ2v) is 4.68. The second kappa shape index (κ2) is 8.66. The van der Waals surface area contributed by atoms with Crippen LogP contribution in [0.5, 0.6) is 0 Å². The Morgan fingerprint density at radius 2 is 1.95 bits per heavy atom. The van der Waals surface area contributed by atoms with Crippen molar-refractivity contribution >= 4 is 23.5 Å². The first-order chi connectivity index (χ1) is 10.5. The molecular formula is C15H20N2O5. The van der Waals surface area contributed by atoms with E-state index in [0.29, 0.717) is 5.69 Å². The average Bonchev–Trinajstić information content (AvgIpc) is 2.50. The lowest BCUT2D eigenvalue weighted by Crippen LogP contribution is -2.42. The van der Waals surface area contributed by atoms with E-state index in [4.69, 9.17) is 5.73 Å². The molecule has 0 fully saturated rings. The monoisotopic (exact) mass is 308 g/mol. The van der Waals surface area contributed by atoms with Gasteiger partial charge in [0.1, 0.15) is 6.04 Å². The normalized spacial score (nSPS) is 11.4. The van der Waals surface area contributed by atoms with Crippen LogP contribution < -0.4 is 11.1 Å². The van der Waals surface area contributed by atoms with Gasteiger partial charge in [0, 0.05) is 12.1 Å². The van der Waals surface area contributed by atoms with Crippen molar-refractivity contribution in [3.05, 3.63) is 29.8 Å². The van der Waals surface area contributed by atoms with Crippen LogP contribution in [-0.4, -0.2) is 38.1 Å². The van der Waals surface area contributed by atoms with E-state index in [0.717, 1.165) is 5.56 Å². The number of hydrogen-bond acceptors (Lipinski definition) is 6. The molecule has 0 aliphatic rings. The number of amides is 1. The Kier molecular flexibility index (Phi) is 6.88. The van der Waals surface area contributed by atoms with Crippen molar-refractivity contribution in [3.63, 3.8) is 0 Å². The minimum absolute atomic E-state index is 0.00876. The second-order valence-electron chi connectivity index (χ2n) is 4.68. The SMILES string of the molecule is COC(=O)CC[C@H](NC(=O)Cc1cccc(N)c1)C(=O)OC. The maximum Gasteiger partial charge on any atom is 0.328 e. The molecular weight excluding hydrogens is 288 g/mol. The van der Waals surface area contributed by atoms with Crippen molar-refractivity contribution in [1.29, 1.82) is 0 Å². The fourth-order valence-electron chi connectivity index (χ4n) is 1.89. The summed E-state index contributed by atoms with van der Waals surface area (Å²) < 4.78 is 9.13. The lowest BCUT2D eigenvalue weighted by atomic mass is 10.1. The summed E-state index contributed by atoms with van der Waals surface area (Å²) >= 11 is 0. The van der Waals surface area contributed by atoms with Crippen molar-refractivity contribution in [2.75, 3.05) is 20.0 Å². The average molecular weight is 308 g/mol.